The molecule has 0 rings (SSSR count). The van der Waals surface area contributed by atoms with E-state index in [1.807, 2.05) is 20.8 Å². The summed E-state index contributed by atoms with van der Waals surface area (Å²) in [7, 11) is -3.27. The Balaban J connectivity index is 4.68. The standard InChI is InChI=1S/C13H26N2O5S/c1-5-10(3)9-15(6-2)13(18)14-11(12(16)17)7-8-21(4,19)20/h10-11H,5-9H2,1-4H3,(H,14,18)(H,16,17). The van der Waals surface area contributed by atoms with Gasteiger partial charge in [0, 0.05) is 19.3 Å². The molecule has 124 valence electrons. The highest BCUT2D eigenvalue weighted by atomic mass is 32.2. The lowest BCUT2D eigenvalue weighted by molar-refractivity contribution is -0.139. The number of carbonyl (C=O) groups is 2. The van der Waals surface area contributed by atoms with Crippen molar-refractivity contribution in [1.29, 1.82) is 0 Å². The largest absolute Gasteiger partial charge is 0.480 e. The van der Waals surface area contributed by atoms with Crippen LogP contribution in [0, 0.1) is 5.92 Å². The summed E-state index contributed by atoms with van der Waals surface area (Å²) in [6.45, 7) is 6.84. The van der Waals surface area contributed by atoms with Crippen molar-refractivity contribution in [3.05, 3.63) is 0 Å². The van der Waals surface area contributed by atoms with Crippen LogP contribution in [0.25, 0.3) is 0 Å². The van der Waals surface area contributed by atoms with E-state index in [9.17, 15) is 18.0 Å². The van der Waals surface area contributed by atoms with Gasteiger partial charge < -0.3 is 15.3 Å². The van der Waals surface area contributed by atoms with Crippen molar-refractivity contribution < 1.29 is 23.1 Å². The summed E-state index contributed by atoms with van der Waals surface area (Å²) in [6, 6.07) is -1.67. The molecule has 0 fully saturated rings. The fourth-order valence-electron chi connectivity index (χ4n) is 1.69. The molecule has 2 unspecified atom stereocenters. The SMILES string of the molecule is CCC(C)CN(CC)C(=O)NC(CCS(C)(=O)=O)C(=O)O. The first kappa shape index (κ1) is 19.7. The van der Waals surface area contributed by atoms with Gasteiger partial charge >= 0.3 is 12.0 Å². The van der Waals surface area contributed by atoms with E-state index in [2.05, 4.69) is 5.32 Å². The molecule has 0 radical (unpaired) electrons. The number of nitrogens with zero attached hydrogens (tertiary/aromatic N) is 1. The molecule has 0 spiro atoms. The molecule has 0 heterocycles. The van der Waals surface area contributed by atoms with E-state index in [0.717, 1.165) is 12.7 Å². The monoisotopic (exact) mass is 322 g/mol. The molecule has 0 aliphatic carbocycles. The first-order chi connectivity index (χ1) is 9.60. The molecule has 2 atom stereocenters. The van der Waals surface area contributed by atoms with E-state index in [0.29, 0.717) is 19.0 Å². The summed E-state index contributed by atoms with van der Waals surface area (Å²) in [5, 5.41) is 11.5. The maximum Gasteiger partial charge on any atom is 0.326 e. The zero-order valence-electron chi connectivity index (χ0n) is 13.1. The molecule has 0 aromatic heterocycles. The Morgan fingerprint density at radius 1 is 1.29 bits per heavy atom. The van der Waals surface area contributed by atoms with Crippen molar-refractivity contribution in [3.63, 3.8) is 0 Å². The molecular weight excluding hydrogens is 296 g/mol. The van der Waals surface area contributed by atoms with Crippen LogP contribution in [0.15, 0.2) is 0 Å². The van der Waals surface area contributed by atoms with Crippen molar-refractivity contribution >= 4 is 21.8 Å². The number of carbonyl (C=O) groups excluding carboxylic acids is 1. The highest BCUT2D eigenvalue weighted by molar-refractivity contribution is 7.90. The summed E-state index contributed by atoms with van der Waals surface area (Å²) < 4.78 is 22.2. The number of aliphatic carboxylic acids is 1. The van der Waals surface area contributed by atoms with Gasteiger partial charge in [-0.1, -0.05) is 20.3 Å². The predicted octanol–water partition coefficient (Wildman–Crippen LogP) is 0.952. The minimum absolute atomic E-state index is 0.138. The van der Waals surface area contributed by atoms with Gasteiger partial charge in [-0.3, -0.25) is 0 Å². The Bertz CT molecular complexity index is 449. The zero-order valence-corrected chi connectivity index (χ0v) is 13.9. The molecule has 2 N–H and O–H groups in total. The van der Waals surface area contributed by atoms with E-state index < -0.39 is 27.9 Å². The maximum atomic E-state index is 12.1. The Morgan fingerprint density at radius 3 is 2.24 bits per heavy atom. The molecule has 0 saturated carbocycles. The second-order valence-corrected chi connectivity index (χ2v) is 7.57. The van der Waals surface area contributed by atoms with Gasteiger partial charge in [-0.25, -0.2) is 18.0 Å². The fourth-order valence-corrected chi connectivity index (χ4v) is 2.35. The maximum absolute atomic E-state index is 12.1. The number of carboxylic acids is 1. The molecule has 0 saturated heterocycles. The van der Waals surface area contributed by atoms with Crippen LogP contribution in [0.1, 0.15) is 33.6 Å². The predicted molar refractivity (Wildman–Crippen MR) is 81.0 cm³/mol. The molecule has 8 heteroatoms. The van der Waals surface area contributed by atoms with Gasteiger partial charge in [-0.2, -0.15) is 0 Å². The number of hydrogen-bond acceptors (Lipinski definition) is 4. The molecule has 0 aromatic rings. The number of hydrogen-bond donors (Lipinski definition) is 2. The highest BCUT2D eigenvalue weighted by Gasteiger charge is 2.24. The van der Waals surface area contributed by atoms with Crippen LogP contribution in [0.5, 0.6) is 0 Å². The summed E-state index contributed by atoms with van der Waals surface area (Å²) in [4.78, 5) is 24.7. The van der Waals surface area contributed by atoms with Crippen LogP contribution in [-0.4, -0.2) is 61.6 Å². The van der Waals surface area contributed by atoms with Gasteiger partial charge in [0.2, 0.25) is 0 Å². The Hall–Kier alpha value is -1.31. The first-order valence-corrected chi connectivity index (χ1v) is 9.12. The highest BCUT2D eigenvalue weighted by Crippen LogP contribution is 2.05. The lowest BCUT2D eigenvalue weighted by Gasteiger charge is -2.26. The smallest absolute Gasteiger partial charge is 0.326 e. The van der Waals surface area contributed by atoms with Gasteiger partial charge in [0.1, 0.15) is 15.9 Å². The molecule has 21 heavy (non-hydrogen) atoms. The van der Waals surface area contributed by atoms with Gasteiger partial charge in [0.15, 0.2) is 0 Å². The van der Waals surface area contributed by atoms with Crippen molar-refractivity contribution in [3.8, 4) is 0 Å². The Labute approximate surface area is 126 Å². The van der Waals surface area contributed by atoms with Crippen LogP contribution in [-0.2, 0) is 14.6 Å². The van der Waals surface area contributed by atoms with Crippen LogP contribution in [0.4, 0.5) is 4.79 Å². The number of amides is 2. The van der Waals surface area contributed by atoms with Crippen molar-refractivity contribution in [2.45, 2.75) is 39.7 Å². The molecule has 0 bridgehead atoms. The number of sulfone groups is 1. The molecule has 0 aliphatic rings. The third kappa shape index (κ3) is 8.54. The van der Waals surface area contributed by atoms with Gasteiger partial charge in [0.05, 0.1) is 5.75 Å². The van der Waals surface area contributed by atoms with Gasteiger partial charge in [-0.15, -0.1) is 0 Å². The quantitative estimate of drug-likeness (QED) is 0.658. The zero-order chi connectivity index (χ0) is 16.6. The van der Waals surface area contributed by atoms with E-state index in [1.54, 1.807) is 0 Å². The normalized spacial score (nSPS) is 14.3. The molecule has 0 aromatic carbocycles. The van der Waals surface area contributed by atoms with Crippen molar-refractivity contribution in [2.24, 2.45) is 5.92 Å². The van der Waals surface area contributed by atoms with Crippen LogP contribution in [0.3, 0.4) is 0 Å². The van der Waals surface area contributed by atoms with Crippen molar-refractivity contribution in [2.75, 3.05) is 25.1 Å². The van der Waals surface area contributed by atoms with E-state index in [4.69, 9.17) is 5.11 Å². The van der Waals surface area contributed by atoms with E-state index in [-0.39, 0.29) is 12.2 Å². The lowest BCUT2D eigenvalue weighted by atomic mass is 10.1. The molecule has 0 aliphatic heterocycles. The summed E-state index contributed by atoms with van der Waals surface area (Å²) in [6.07, 6.45) is 1.82. The molecule has 7 nitrogen and oxygen atoms in total. The number of rotatable bonds is 9. The van der Waals surface area contributed by atoms with Gasteiger partial charge in [-0.05, 0) is 19.3 Å². The van der Waals surface area contributed by atoms with Crippen LogP contribution in [0.2, 0.25) is 0 Å². The third-order valence-electron chi connectivity index (χ3n) is 3.27. The second-order valence-electron chi connectivity index (χ2n) is 5.31. The van der Waals surface area contributed by atoms with Gasteiger partial charge in [0.25, 0.3) is 0 Å². The minimum Gasteiger partial charge on any atom is -0.480 e. The average molecular weight is 322 g/mol. The van der Waals surface area contributed by atoms with E-state index >= 15 is 0 Å². The minimum atomic E-state index is -3.27. The van der Waals surface area contributed by atoms with Crippen LogP contribution >= 0.6 is 0 Å². The van der Waals surface area contributed by atoms with Crippen molar-refractivity contribution in [1.82, 2.24) is 10.2 Å². The topological polar surface area (TPSA) is 104 Å². The molecular formula is C13H26N2O5S. The fraction of sp³-hybridized carbons (Fsp3) is 0.846. The van der Waals surface area contributed by atoms with E-state index in [1.165, 1.54) is 4.90 Å². The second kappa shape index (κ2) is 8.86. The molecule has 2 amide bonds. The summed E-state index contributed by atoms with van der Waals surface area (Å²) in [5.41, 5.74) is 0. The van der Waals surface area contributed by atoms with Crippen LogP contribution < -0.4 is 5.32 Å². The lowest BCUT2D eigenvalue weighted by Crippen LogP contribution is -2.49. The third-order valence-corrected chi connectivity index (χ3v) is 4.25. The number of nitrogens with one attached hydrogen (secondary N) is 1. The Kier molecular flexibility index (Phi) is 8.31. The number of urea groups is 1. The number of carboxylic acid groups (broad SMARTS) is 1. The first-order valence-electron chi connectivity index (χ1n) is 7.06. The summed E-state index contributed by atoms with van der Waals surface area (Å²) in [5.74, 6) is -1.19. The average Bonchev–Trinajstić information content (AvgIpc) is 2.38. The summed E-state index contributed by atoms with van der Waals surface area (Å²) >= 11 is 0. The Morgan fingerprint density at radius 2 is 1.86 bits per heavy atom.